The summed E-state index contributed by atoms with van der Waals surface area (Å²) in [6.07, 6.45) is 4.87. The molecule has 1 aromatic carbocycles. The average Bonchev–Trinajstić information content (AvgIpc) is 3.35. The second-order valence-electron chi connectivity index (χ2n) is 7.90. The van der Waals surface area contributed by atoms with Gasteiger partial charge in [0.15, 0.2) is 11.0 Å². The van der Waals surface area contributed by atoms with Gasteiger partial charge in [-0.2, -0.15) is 0 Å². The Kier molecular flexibility index (Phi) is 5.62. The van der Waals surface area contributed by atoms with Crippen LogP contribution in [0.2, 0.25) is 5.02 Å². The summed E-state index contributed by atoms with van der Waals surface area (Å²) in [5.41, 5.74) is 1.93. The van der Waals surface area contributed by atoms with Gasteiger partial charge in [0.2, 0.25) is 0 Å². The first-order valence-electron chi connectivity index (χ1n) is 10.3. The molecule has 6 nitrogen and oxygen atoms in total. The third kappa shape index (κ3) is 4.04. The Balaban J connectivity index is 1.36. The summed E-state index contributed by atoms with van der Waals surface area (Å²) in [6.45, 7) is 2.28. The number of thiophene rings is 1. The number of aromatic nitrogens is 5. The molecule has 5 rings (SSSR count). The van der Waals surface area contributed by atoms with Gasteiger partial charge in [0.25, 0.3) is 5.56 Å². The minimum Gasteiger partial charge on any atom is -0.309 e. The van der Waals surface area contributed by atoms with Gasteiger partial charge < -0.3 is 9.55 Å². The van der Waals surface area contributed by atoms with Crippen molar-refractivity contribution in [3.63, 3.8) is 0 Å². The first kappa shape index (κ1) is 20.7. The zero-order valence-electron chi connectivity index (χ0n) is 17.3. The molecule has 0 radical (unpaired) electrons. The highest BCUT2D eigenvalue weighted by Gasteiger charge is 2.22. The van der Waals surface area contributed by atoms with Crippen LogP contribution in [0.5, 0.6) is 0 Å². The van der Waals surface area contributed by atoms with Crippen LogP contribution in [-0.4, -0.2) is 24.7 Å². The Morgan fingerprint density at radius 3 is 3.03 bits per heavy atom. The SMILES string of the molecule is CCC1CCc2sc(-c3nnc(SCc4nc5ccc(Cl)cc5c(=O)[nH]4)n3C)cc2C1. The lowest BCUT2D eigenvalue weighted by Crippen LogP contribution is -2.11. The molecule has 0 saturated carbocycles. The third-order valence-electron chi connectivity index (χ3n) is 5.87. The molecule has 0 bridgehead atoms. The van der Waals surface area contributed by atoms with Gasteiger partial charge in [-0.05, 0) is 55.0 Å². The highest BCUT2D eigenvalue weighted by Crippen LogP contribution is 2.38. The quantitative estimate of drug-likeness (QED) is 0.403. The van der Waals surface area contributed by atoms with Crippen LogP contribution in [0, 0.1) is 5.92 Å². The summed E-state index contributed by atoms with van der Waals surface area (Å²) in [6, 6.07) is 7.44. The van der Waals surface area contributed by atoms with E-state index in [4.69, 9.17) is 11.6 Å². The van der Waals surface area contributed by atoms with Crippen LogP contribution in [0.15, 0.2) is 34.2 Å². The number of hydrogen-bond acceptors (Lipinski definition) is 6. The zero-order valence-corrected chi connectivity index (χ0v) is 19.7. The van der Waals surface area contributed by atoms with Crippen LogP contribution in [-0.2, 0) is 25.6 Å². The first-order chi connectivity index (χ1) is 15.0. The summed E-state index contributed by atoms with van der Waals surface area (Å²) in [5.74, 6) is 2.79. The predicted octanol–water partition coefficient (Wildman–Crippen LogP) is 5.24. The third-order valence-corrected chi connectivity index (χ3v) is 8.37. The molecule has 1 N–H and O–H groups in total. The lowest BCUT2D eigenvalue weighted by molar-refractivity contribution is 0.449. The summed E-state index contributed by atoms with van der Waals surface area (Å²) < 4.78 is 2.03. The van der Waals surface area contributed by atoms with Gasteiger partial charge in [-0.25, -0.2) is 4.98 Å². The van der Waals surface area contributed by atoms with Crippen LogP contribution in [0.25, 0.3) is 21.6 Å². The number of thioether (sulfide) groups is 1. The van der Waals surface area contributed by atoms with Crippen LogP contribution in [0.1, 0.15) is 36.0 Å². The number of rotatable bonds is 5. The van der Waals surface area contributed by atoms with Crippen LogP contribution in [0.3, 0.4) is 0 Å². The van der Waals surface area contributed by atoms with Gasteiger partial charge in [-0.15, -0.1) is 21.5 Å². The molecule has 4 aromatic rings. The van der Waals surface area contributed by atoms with E-state index in [1.807, 2.05) is 23.0 Å². The molecule has 1 aliphatic carbocycles. The molecule has 1 aliphatic rings. The molecule has 3 aromatic heterocycles. The minimum absolute atomic E-state index is 0.184. The fraction of sp³-hybridized carbons (Fsp3) is 0.364. The van der Waals surface area contributed by atoms with Crippen LogP contribution in [0.4, 0.5) is 0 Å². The number of aryl methyl sites for hydroxylation is 1. The second-order valence-corrected chi connectivity index (χ2v) is 10.4. The lowest BCUT2D eigenvalue weighted by Gasteiger charge is -2.19. The standard InChI is InChI=1S/C22H22ClN5OS2/c1-3-12-4-7-17-13(8-12)9-18(31-17)20-26-27-22(28(20)2)30-11-19-24-16-6-5-14(23)10-15(16)21(29)25-19/h5-6,9-10,12H,3-4,7-8,11H2,1-2H3,(H,24,25,29). The van der Waals surface area contributed by atoms with E-state index >= 15 is 0 Å². The predicted molar refractivity (Wildman–Crippen MR) is 127 cm³/mol. The molecule has 0 spiro atoms. The topological polar surface area (TPSA) is 76.5 Å². The summed E-state index contributed by atoms with van der Waals surface area (Å²) in [7, 11) is 1.99. The fourth-order valence-corrected chi connectivity index (χ4v) is 6.26. The molecule has 160 valence electrons. The summed E-state index contributed by atoms with van der Waals surface area (Å²) in [4.78, 5) is 22.4. The molecule has 31 heavy (non-hydrogen) atoms. The smallest absolute Gasteiger partial charge is 0.258 e. The number of aromatic amines is 1. The van der Waals surface area contributed by atoms with Crippen molar-refractivity contribution < 1.29 is 0 Å². The zero-order chi connectivity index (χ0) is 21.5. The molecule has 3 heterocycles. The number of fused-ring (bicyclic) bond motifs is 2. The Morgan fingerprint density at radius 1 is 1.32 bits per heavy atom. The van der Waals surface area contributed by atoms with Crippen LogP contribution < -0.4 is 5.56 Å². The molecule has 0 amide bonds. The van der Waals surface area contributed by atoms with Crippen molar-refractivity contribution in [1.82, 2.24) is 24.7 Å². The van der Waals surface area contributed by atoms with Gasteiger partial charge in [-0.1, -0.05) is 36.7 Å². The van der Waals surface area contributed by atoms with Crippen molar-refractivity contribution in [3.05, 3.63) is 55.9 Å². The summed E-state index contributed by atoms with van der Waals surface area (Å²) >= 11 is 9.34. The van der Waals surface area contributed by atoms with E-state index in [2.05, 4.69) is 33.2 Å². The average molecular weight is 472 g/mol. The van der Waals surface area contributed by atoms with Gasteiger partial charge in [-0.3, -0.25) is 4.79 Å². The Hall–Kier alpha value is -2.16. The normalized spacial score (nSPS) is 16.0. The Morgan fingerprint density at radius 2 is 2.19 bits per heavy atom. The molecule has 1 unspecified atom stereocenters. The van der Waals surface area contributed by atoms with Gasteiger partial charge >= 0.3 is 0 Å². The number of benzene rings is 1. The maximum absolute atomic E-state index is 12.4. The van der Waals surface area contributed by atoms with E-state index in [-0.39, 0.29) is 5.56 Å². The number of halogens is 1. The molecule has 9 heteroatoms. The number of hydrogen-bond donors (Lipinski definition) is 1. The molecule has 1 atom stereocenters. The van der Waals surface area contributed by atoms with Crippen molar-refractivity contribution in [2.45, 2.75) is 43.5 Å². The minimum atomic E-state index is -0.184. The first-order valence-corrected chi connectivity index (χ1v) is 12.5. The van der Waals surface area contributed by atoms with E-state index in [1.54, 1.807) is 18.2 Å². The van der Waals surface area contributed by atoms with Crippen molar-refractivity contribution in [2.75, 3.05) is 0 Å². The van der Waals surface area contributed by atoms with Gasteiger partial charge in [0.1, 0.15) is 5.82 Å². The van der Waals surface area contributed by atoms with Crippen molar-refractivity contribution in [3.8, 4) is 10.7 Å². The molecule has 0 aliphatic heterocycles. The summed E-state index contributed by atoms with van der Waals surface area (Å²) in [5, 5.41) is 10.7. The fourth-order valence-electron chi connectivity index (χ4n) is 4.07. The largest absolute Gasteiger partial charge is 0.309 e. The molecule has 0 fully saturated rings. The van der Waals surface area contributed by atoms with Crippen molar-refractivity contribution >= 4 is 45.6 Å². The van der Waals surface area contributed by atoms with E-state index < -0.39 is 0 Å². The number of nitrogens with zero attached hydrogens (tertiary/aromatic N) is 4. The molecular formula is C22H22ClN5OS2. The molecule has 0 saturated heterocycles. The maximum Gasteiger partial charge on any atom is 0.258 e. The van der Waals surface area contributed by atoms with E-state index in [0.29, 0.717) is 27.5 Å². The van der Waals surface area contributed by atoms with Crippen molar-refractivity contribution in [2.24, 2.45) is 13.0 Å². The highest BCUT2D eigenvalue weighted by atomic mass is 35.5. The van der Waals surface area contributed by atoms with Gasteiger partial charge in [0.05, 0.1) is 21.5 Å². The van der Waals surface area contributed by atoms with E-state index in [9.17, 15) is 4.79 Å². The second kappa shape index (κ2) is 8.41. The Bertz CT molecular complexity index is 1330. The highest BCUT2D eigenvalue weighted by molar-refractivity contribution is 7.98. The Labute approximate surface area is 193 Å². The van der Waals surface area contributed by atoms with Crippen molar-refractivity contribution in [1.29, 1.82) is 0 Å². The van der Waals surface area contributed by atoms with E-state index in [0.717, 1.165) is 16.9 Å². The van der Waals surface area contributed by atoms with Gasteiger partial charge in [0, 0.05) is 16.9 Å². The van der Waals surface area contributed by atoms with E-state index in [1.165, 1.54) is 52.8 Å². The monoisotopic (exact) mass is 471 g/mol. The molecular weight excluding hydrogens is 450 g/mol. The number of nitrogens with one attached hydrogen (secondary N) is 1. The lowest BCUT2D eigenvalue weighted by atomic mass is 9.87. The van der Waals surface area contributed by atoms with Crippen LogP contribution >= 0.6 is 34.7 Å². The maximum atomic E-state index is 12.4. The number of H-pyrrole nitrogens is 1.